The lowest BCUT2D eigenvalue weighted by atomic mass is 9.93. The number of aromatic nitrogens is 5. The maximum absolute atomic E-state index is 12.1. The van der Waals surface area contributed by atoms with Crippen LogP contribution in [0.15, 0.2) is 23.5 Å². The molecular formula is C15H19ClN6O2S. The van der Waals surface area contributed by atoms with Crippen LogP contribution in [0.3, 0.4) is 0 Å². The fourth-order valence-corrected chi connectivity index (χ4v) is 3.44. The number of pyridine rings is 1. The Labute approximate surface area is 154 Å². The second-order valence-electron chi connectivity index (χ2n) is 5.85. The number of nitrogens with one attached hydrogen (secondary N) is 1. The van der Waals surface area contributed by atoms with Crippen molar-refractivity contribution in [3.8, 4) is 5.88 Å². The number of amides is 1. The van der Waals surface area contributed by atoms with Gasteiger partial charge in [-0.1, -0.05) is 23.4 Å². The zero-order chi connectivity index (χ0) is 17.6. The Morgan fingerprint density at radius 1 is 1.40 bits per heavy atom. The van der Waals surface area contributed by atoms with Gasteiger partial charge in [-0.2, -0.15) is 0 Å². The first kappa shape index (κ1) is 17.9. The van der Waals surface area contributed by atoms with Crippen molar-refractivity contribution in [2.45, 2.75) is 43.0 Å². The number of thioether (sulfide) groups is 1. The minimum atomic E-state index is -0.00302. The van der Waals surface area contributed by atoms with Gasteiger partial charge in [0.1, 0.15) is 6.10 Å². The average molecular weight is 383 g/mol. The van der Waals surface area contributed by atoms with Crippen LogP contribution in [0.5, 0.6) is 5.88 Å². The normalized spacial score (nSPS) is 20.2. The summed E-state index contributed by atoms with van der Waals surface area (Å²) in [4.78, 5) is 16.2. The summed E-state index contributed by atoms with van der Waals surface area (Å²) in [6, 6.07) is 3.72. The molecule has 0 unspecified atom stereocenters. The quantitative estimate of drug-likeness (QED) is 0.762. The van der Waals surface area contributed by atoms with Crippen LogP contribution in [-0.2, 0) is 11.8 Å². The maximum Gasteiger partial charge on any atom is 0.230 e. The van der Waals surface area contributed by atoms with Gasteiger partial charge in [-0.05, 0) is 42.2 Å². The topological polar surface area (TPSA) is 94.8 Å². The summed E-state index contributed by atoms with van der Waals surface area (Å²) in [7, 11) is 1.75. The van der Waals surface area contributed by atoms with E-state index < -0.39 is 0 Å². The van der Waals surface area contributed by atoms with Gasteiger partial charge in [0, 0.05) is 25.4 Å². The molecule has 2 aromatic heterocycles. The minimum absolute atomic E-state index is 0.00302. The average Bonchev–Trinajstić information content (AvgIpc) is 3.02. The number of nitrogens with zero attached hydrogens (tertiary/aromatic N) is 5. The van der Waals surface area contributed by atoms with E-state index in [1.165, 1.54) is 11.8 Å². The van der Waals surface area contributed by atoms with Gasteiger partial charge in [0.2, 0.25) is 16.9 Å². The van der Waals surface area contributed by atoms with Gasteiger partial charge in [0.05, 0.1) is 10.8 Å². The summed E-state index contributed by atoms with van der Waals surface area (Å²) < 4.78 is 7.41. The lowest BCUT2D eigenvalue weighted by Crippen LogP contribution is -2.40. The molecule has 0 spiro atoms. The van der Waals surface area contributed by atoms with E-state index in [1.807, 2.05) is 0 Å². The molecule has 8 nitrogen and oxygen atoms in total. The first-order chi connectivity index (χ1) is 12.1. The van der Waals surface area contributed by atoms with Crippen LogP contribution in [-0.4, -0.2) is 49.0 Å². The number of carbonyl (C=O) groups excluding carboxylic acids is 1. The van der Waals surface area contributed by atoms with Gasteiger partial charge < -0.3 is 10.1 Å². The number of hydrogen-bond donors (Lipinski definition) is 1. The van der Waals surface area contributed by atoms with Gasteiger partial charge in [-0.15, -0.1) is 5.10 Å². The van der Waals surface area contributed by atoms with E-state index in [2.05, 4.69) is 25.8 Å². The van der Waals surface area contributed by atoms with Crippen molar-refractivity contribution in [2.75, 3.05) is 5.75 Å². The zero-order valence-corrected chi connectivity index (χ0v) is 15.3. The number of halogens is 1. The van der Waals surface area contributed by atoms with Gasteiger partial charge in [0.15, 0.2) is 0 Å². The van der Waals surface area contributed by atoms with Crippen LogP contribution in [0.1, 0.15) is 25.7 Å². The summed E-state index contributed by atoms with van der Waals surface area (Å²) in [5.74, 6) is 0.890. The zero-order valence-electron chi connectivity index (χ0n) is 13.8. The smallest absolute Gasteiger partial charge is 0.230 e. The van der Waals surface area contributed by atoms with E-state index in [4.69, 9.17) is 16.3 Å². The van der Waals surface area contributed by atoms with Crippen LogP contribution >= 0.6 is 23.4 Å². The molecule has 0 saturated heterocycles. The van der Waals surface area contributed by atoms with Crippen molar-refractivity contribution < 1.29 is 9.53 Å². The molecule has 2 heterocycles. The predicted molar refractivity (Wildman–Crippen MR) is 93.6 cm³/mol. The second-order valence-corrected chi connectivity index (χ2v) is 7.23. The number of carbonyl (C=O) groups is 1. The molecule has 0 radical (unpaired) electrons. The van der Waals surface area contributed by atoms with Crippen LogP contribution in [0.4, 0.5) is 0 Å². The molecule has 1 amide bonds. The fraction of sp³-hybridized carbons (Fsp3) is 0.533. The summed E-state index contributed by atoms with van der Waals surface area (Å²) in [5, 5.41) is 15.4. The SMILES string of the molecule is Cn1nnnc1SCC(=O)NC1CCC(Oc2ccc(Cl)cn2)CC1. The highest BCUT2D eigenvalue weighted by Gasteiger charge is 2.24. The Kier molecular flexibility index (Phi) is 6.09. The Bertz CT molecular complexity index is 702. The molecule has 0 aromatic carbocycles. The first-order valence-electron chi connectivity index (χ1n) is 8.03. The summed E-state index contributed by atoms with van der Waals surface area (Å²) >= 11 is 7.14. The molecule has 2 aromatic rings. The van der Waals surface area contributed by atoms with Crippen molar-refractivity contribution in [3.63, 3.8) is 0 Å². The molecule has 1 N–H and O–H groups in total. The van der Waals surface area contributed by atoms with Crippen LogP contribution in [0.25, 0.3) is 0 Å². The highest BCUT2D eigenvalue weighted by Crippen LogP contribution is 2.23. The lowest BCUT2D eigenvalue weighted by molar-refractivity contribution is -0.119. The van der Waals surface area contributed by atoms with Gasteiger partial charge in [0.25, 0.3) is 0 Å². The molecule has 134 valence electrons. The third-order valence-electron chi connectivity index (χ3n) is 3.94. The first-order valence-corrected chi connectivity index (χ1v) is 9.39. The van der Waals surface area contributed by atoms with E-state index in [9.17, 15) is 4.79 Å². The summed E-state index contributed by atoms with van der Waals surface area (Å²) in [6.07, 6.45) is 5.25. The Balaban J connectivity index is 1.38. The number of hydrogen-bond acceptors (Lipinski definition) is 7. The van der Waals surface area contributed by atoms with Crippen molar-refractivity contribution >= 4 is 29.3 Å². The largest absolute Gasteiger partial charge is 0.474 e. The molecule has 0 atom stereocenters. The summed E-state index contributed by atoms with van der Waals surface area (Å²) in [6.45, 7) is 0. The summed E-state index contributed by atoms with van der Waals surface area (Å²) in [5.41, 5.74) is 0. The highest BCUT2D eigenvalue weighted by atomic mass is 35.5. The van der Waals surface area contributed by atoms with Crippen molar-refractivity contribution in [1.82, 2.24) is 30.5 Å². The molecule has 1 aliphatic rings. The van der Waals surface area contributed by atoms with E-state index in [0.717, 1.165) is 25.7 Å². The minimum Gasteiger partial charge on any atom is -0.474 e. The standard InChI is InChI=1S/C15H19ClN6O2S/c1-22-15(19-20-21-22)25-9-13(23)18-11-3-5-12(6-4-11)24-14-7-2-10(16)8-17-14/h2,7-8,11-12H,3-6,9H2,1H3,(H,18,23). The molecular weight excluding hydrogens is 364 g/mol. The highest BCUT2D eigenvalue weighted by molar-refractivity contribution is 7.99. The number of aryl methyl sites for hydroxylation is 1. The third-order valence-corrected chi connectivity index (χ3v) is 5.17. The van der Waals surface area contributed by atoms with Crippen LogP contribution in [0, 0.1) is 0 Å². The van der Waals surface area contributed by atoms with E-state index >= 15 is 0 Å². The molecule has 1 saturated carbocycles. The van der Waals surface area contributed by atoms with E-state index in [0.29, 0.717) is 21.8 Å². The van der Waals surface area contributed by atoms with Crippen LogP contribution in [0.2, 0.25) is 5.02 Å². The number of rotatable bonds is 6. The Hall–Kier alpha value is -1.87. The van der Waals surface area contributed by atoms with Gasteiger partial charge in [-0.3, -0.25) is 4.79 Å². The molecule has 0 aliphatic heterocycles. The fourth-order valence-electron chi connectivity index (χ4n) is 2.67. The van der Waals surface area contributed by atoms with E-state index in [1.54, 1.807) is 30.1 Å². The Morgan fingerprint density at radius 2 is 2.20 bits per heavy atom. The molecule has 25 heavy (non-hydrogen) atoms. The van der Waals surface area contributed by atoms with Gasteiger partial charge >= 0.3 is 0 Å². The van der Waals surface area contributed by atoms with Gasteiger partial charge in [-0.25, -0.2) is 9.67 Å². The third kappa shape index (κ3) is 5.30. The number of ether oxygens (including phenoxy) is 1. The molecule has 0 bridgehead atoms. The maximum atomic E-state index is 12.1. The second kappa shape index (κ2) is 8.48. The van der Waals surface area contributed by atoms with Crippen molar-refractivity contribution in [1.29, 1.82) is 0 Å². The number of tetrazole rings is 1. The predicted octanol–water partition coefficient (Wildman–Crippen LogP) is 1.86. The molecule has 1 fully saturated rings. The molecule has 3 rings (SSSR count). The van der Waals surface area contributed by atoms with Crippen molar-refractivity contribution in [3.05, 3.63) is 23.4 Å². The van der Waals surface area contributed by atoms with Crippen molar-refractivity contribution in [2.24, 2.45) is 7.05 Å². The lowest BCUT2D eigenvalue weighted by Gasteiger charge is -2.29. The van der Waals surface area contributed by atoms with Crippen LogP contribution < -0.4 is 10.1 Å². The molecule has 1 aliphatic carbocycles. The monoisotopic (exact) mass is 382 g/mol. The molecule has 10 heteroatoms. The Morgan fingerprint density at radius 3 is 2.84 bits per heavy atom. The van der Waals surface area contributed by atoms with E-state index in [-0.39, 0.29) is 18.1 Å².